The molecular formula is C17H18ClN3O3. The Hall–Kier alpha value is -2.18. The zero-order valence-electron chi connectivity index (χ0n) is 13.2. The zero-order valence-corrected chi connectivity index (χ0v) is 14.0. The van der Waals surface area contributed by atoms with Crippen molar-refractivity contribution in [1.29, 1.82) is 0 Å². The highest BCUT2D eigenvalue weighted by molar-refractivity contribution is 6.32. The van der Waals surface area contributed by atoms with Gasteiger partial charge in [-0.3, -0.25) is 0 Å². The fourth-order valence-corrected chi connectivity index (χ4v) is 3.06. The van der Waals surface area contributed by atoms with E-state index in [1.807, 2.05) is 4.90 Å². The minimum Gasteiger partial charge on any atom is -0.478 e. The van der Waals surface area contributed by atoms with Crippen LogP contribution in [0.5, 0.6) is 0 Å². The van der Waals surface area contributed by atoms with Crippen molar-refractivity contribution in [1.82, 2.24) is 9.97 Å². The van der Waals surface area contributed by atoms with E-state index >= 15 is 0 Å². The number of carboxylic acid groups (broad SMARTS) is 1. The maximum absolute atomic E-state index is 11.3. The third-order valence-corrected chi connectivity index (χ3v) is 4.62. The molecular weight excluding hydrogens is 330 g/mol. The summed E-state index contributed by atoms with van der Waals surface area (Å²) in [5.74, 6) is -0.453. The van der Waals surface area contributed by atoms with Crippen molar-refractivity contribution < 1.29 is 15.0 Å². The van der Waals surface area contributed by atoms with Crippen LogP contribution in [-0.2, 0) is 0 Å². The predicted octanol–water partition coefficient (Wildman–Crippen LogP) is 2.76. The first kappa shape index (κ1) is 16.7. The molecule has 7 heteroatoms. The molecule has 0 spiro atoms. The van der Waals surface area contributed by atoms with Gasteiger partial charge < -0.3 is 15.1 Å². The largest absolute Gasteiger partial charge is 0.478 e. The number of hydrogen-bond acceptors (Lipinski definition) is 5. The lowest BCUT2D eigenvalue weighted by atomic mass is 10.0. The van der Waals surface area contributed by atoms with Gasteiger partial charge in [0, 0.05) is 36.1 Å². The van der Waals surface area contributed by atoms with Crippen LogP contribution in [0.25, 0.3) is 11.1 Å². The quantitative estimate of drug-likeness (QED) is 0.887. The van der Waals surface area contributed by atoms with E-state index in [0.29, 0.717) is 34.2 Å². The minimum atomic E-state index is -1.02. The second-order valence-electron chi connectivity index (χ2n) is 5.95. The van der Waals surface area contributed by atoms with Crippen molar-refractivity contribution in [2.45, 2.75) is 25.9 Å². The molecule has 1 fully saturated rings. The van der Waals surface area contributed by atoms with E-state index in [2.05, 4.69) is 9.97 Å². The molecule has 6 nitrogen and oxygen atoms in total. The molecule has 0 amide bonds. The molecule has 1 saturated heterocycles. The molecule has 126 valence electrons. The summed E-state index contributed by atoms with van der Waals surface area (Å²) in [6, 6.07) is 3.29. The van der Waals surface area contributed by atoms with Crippen molar-refractivity contribution >= 4 is 23.5 Å². The van der Waals surface area contributed by atoms with E-state index in [4.69, 9.17) is 11.6 Å². The number of anilines is 1. The molecule has 3 rings (SSSR count). The third-order valence-electron chi connectivity index (χ3n) is 4.23. The number of benzene rings is 1. The van der Waals surface area contributed by atoms with Gasteiger partial charge in [0.2, 0.25) is 5.95 Å². The Morgan fingerprint density at radius 2 is 2.00 bits per heavy atom. The van der Waals surface area contributed by atoms with Crippen LogP contribution in [0.4, 0.5) is 5.95 Å². The first-order valence-corrected chi connectivity index (χ1v) is 8.12. The summed E-state index contributed by atoms with van der Waals surface area (Å²) in [7, 11) is 0. The number of aliphatic hydroxyl groups is 1. The molecule has 1 aliphatic heterocycles. The topological polar surface area (TPSA) is 86.5 Å². The Labute approximate surface area is 144 Å². The van der Waals surface area contributed by atoms with Gasteiger partial charge in [-0.2, -0.15) is 0 Å². The van der Waals surface area contributed by atoms with Gasteiger partial charge in [-0.1, -0.05) is 11.6 Å². The molecule has 2 aromatic rings. The highest BCUT2D eigenvalue weighted by atomic mass is 35.5. The summed E-state index contributed by atoms with van der Waals surface area (Å²) in [6.07, 6.45) is 4.65. The SMILES string of the molecule is Cc1c(Cl)cc(-c2cnc(N3CCCC(O)C3)nc2)cc1C(=O)O. The molecule has 0 saturated carbocycles. The van der Waals surface area contributed by atoms with Crippen LogP contribution in [0.1, 0.15) is 28.8 Å². The highest BCUT2D eigenvalue weighted by Gasteiger charge is 2.20. The lowest BCUT2D eigenvalue weighted by Crippen LogP contribution is -2.39. The number of carbonyl (C=O) groups is 1. The number of aromatic carboxylic acids is 1. The molecule has 1 unspecified atom stereocenters. The van der Waals surface area contributed by atoms with Gasteiger partial charge in [0.05, 0.1) is 11.7 Å². The zero-order chi connectivity index (χ0) is 17.3. The van der Waals surface area contributed by atoms with E-state index < -0.39 is 5.97 Å². The summed E-state index contributed by atoms with van der Waals surface area (Å²) in [6.45, 7) is 3.02. The Kier molecular flexibility index (Phi) is 4.69. The number of nitrogens with zero attached hydrogens (tertiary/aromatic N) is 3. The molecule has 1 aromatic heterocycles. The third kappa shape index (κ3) is 3.34. The average Bonchev–Trinajstić information content (AvgIpc) is 2.57. The maximum Gasteiger partial charge on any atom is 0.336 e. The summed E-state index contributed by atoms with van der Waals surface area (Å²) in [5.41, 5.74) is 2.06. The number of halogens is 1. The summed E-state index contributed by atoms with van der Waals surface area (Å²) < 4.78 is 0. The van der Waals surface area contributed by atoms with Crippen molar-refractivity contribution in [2.75, 3.05) is 18.0 Å². The van der Waals surface area contributed by atoms with E-state index in [1.165, 1.54) is 0 Å². The van der Waals surface area contributed by atoms with Gasteiger partial charge in [-0.05, 0) is 43.0 Å². The molecule has 0 aliphatic carbocycles. The predicted molar refractivity (Wildman–Crippen MR) is 91.6 cm³/mol. The number of rotatable bonds is 3. The highest BCUT2D eigenvalue weighted by Crippen LogP contribution is 2.28. The minimum absolute atomic E-state index is 0.167. The van der Waals surface area contributed by atoms with Crippen LogP contribution in [0, 0.1) is 6.92 Å². The standard InChI is InChI=1S/C17H18ClN3O3/c1-10-14(16(23)24)5-11(6-15(10)18)12-7-19-17(20-8-12)21-4-2-3-13(22)9-21/h5-8,13,22H,2-4,9H2,1H3,(H,23,24). The molecule has 1 atom stereocenters. The Balaban J connectivity index is 1.89. The van der Waals surface area contributed by atoms with Gasteiger partial charge in [-0.15, -0.1) is 0 Å². The number of β-amino-alcohol motifs (C(OH)–C–C–N with tert-alkyl or cyclic N) is 1. The first-order chi connectivity index (χ1) is 11.5. The van der Waals surface area contributed by atoms with Crippen molar-refractivity contribution in [3.8, 4) is 11.1 Å². The summed E-state index contributed by atoms with van der Waals surface area (Å²) in [4.78, 5) is 22.0. The van der Waals surface area contributed by atoms with Crippen molar-refractivity contribution in [2.24, 2.45) is 0 Å². The molecule has 2 N–H and O–H groups in total. The summed E-state index contributed by atoms with van der Waals surface area (Å²) >= 11 is 6.14. The van der Waals surface area contributed by atoms with Crippen LogP contribution < -0.4 is 4.90 Å². The molecule has 1 aliphatic rings. The monoisotopic (exact) mass is 347 g/mol. The van der Waals surface area contributed by atoms with Gasteiger partial charge >= 0.3 is 5.97 Å². The smallest absolute Gasteiger partial charge is 0.336 e. The normalized spacial score (nSPS) is 17.8. The number of aromatic nitrogens is 2. The summed E-state index contributed by atoms with van der Waals surface area (Å²) in [5, 5.41) is 19.4. The van der Waals surface area contributed by atoms with Crippen molar-refractivity contribution in [3.63, 3.8) is 0 Å². The number of carboxylic acids is 1. The molecule has 0 bridgehead atoms. The fourth-order valence-electron chi connectivity index (χ4n) is 2.84. The number of piperidine rings is 1. The Bertz CT molecular complexity index is 764. The molecule has 24 heavy (non-hydrogen) atoms. The van der Waals surface area contributed by atoms with Gasteiger partial charge in [0.25, 0.3) is 0 Å². The van der Waals surface area contributed by atoms with Gasteiger partial charge in [-0.25, -0.2) is 14.8 Å². The van der Waals surface area contributed by atoms with E-state index in [1.54, 1.807) is 31.5 Å². The van der Waals surface area contributed by atoms with Crippen LogP contribution in [0.15, 0.2) is 24.5 Å². The van der Waals surface area contributed by atoms with Crippen LogP contribution in [0.2, 0.25) is 5.02 Å². The first-order valence-electron chi connectivity index (χ1n) is 7.74. The van der Waals surface area contributed by atoms with E-state index in [-0.39, 0.29) is 11.7 Å². The van der Waals surface area contributed by atoms with Gasteiger partial charge in [0.1, 0.15) is 0 Å². The second kappa shape index (κ2) is 6.75. The fraction of sp³-hybridized carbons (Fsp3) is 0.353. The van der Waals surface area contributed by atoms with Crippen LogP contribution in [-0.4, -0.2) is 45.3 Å². The van der Waals surface area contributed by atoms with E-state index in [0.717, 1.165) is 19.4 Å². The lowest BCUT2D eigenvalue weighted by molar-refractivity contribution is 0.0696. The van der Waals surface area contributed by atoms with E-state index in [9.17, 15) is 15.0 Å². The van der Waals surface area contributed by atoms with Crippen LogP contribution in [0.3, 0.4) is 0 Å². The number of hydrogen-bond donors (Lipinski definition) is 2. The van der Waals surface area contributed by atoms with Crippen LogP contribution >= 0.6 is 11.6 Å². The van der Waals surface area contributed by atoms with Gasteiger partial charge in [0.15, 0.2) is 0 Å². The molecule has 0 radical (unpaired) electrons. The maximum atomic E-state index is 11.3. The number of aliphatic hydroxyl groups excluding tert-OH is 1. The molecule has 2 heterocycles. The molecule has 1 aromatic carbocycles. The Morgan fingerprint density at radius 3 is 2.62 bits per heavy atom. The Morgan fingerprint density at radius 1 is 1.29 bits per heavy atom. The second-order valence-corrected chi connectivity index (χ2v) is 6.36. The van der Waals surface area contributed by atoms with Crippen molar-refractivity contribution in [3.05, 3.63) is 40.7 Å². The average molecular weight is 348 g/mol. The lowest BCUT2D eigenvalue weighted by Gasteiger charge is -2.29.